The molecule has 2 rings (SSSR count). The number of ether oxygens (including phenoxy) is 1. The van der Waals surface area contributed by atoms with Crippen LogP contribution in [0.1, 0.15) is 25.5 Å². The molecule has 7 heteroatoms. The van der Waals surface area contributed by atoms with Crippen LogP contribution < -0.4 is 10.5 Å². The smallest absolute Gasteiger partial charge is 0.242 e. The van der Waals surface area contributed by atoms with Crippen LogP contribution in [0, 0.1) is 5.92 Å². The van der Waals surface area contributed by atoms with Gasteiger partial charge in [0.2, 0.25) is 10.0 Å². The summed E-state index contributed by atoms with van der Waals surface area (Å²) in [4.78, 5) is 0.266. The van der Waals surface area contributed by atoms with Crippen LogP contribution in [0.15, 0.2) is 17.2 Å². The number of nitrogens with zero attached hydrogens (tertiary/aromatic N) is 1. The number of aryl methyl sites for hydroxylation is 1. The molecule has 1 aliphatic rings. The minimum Gasteiger partial charge on any atom is -0.380 e. The van der Waals surface area contributed by atoms with Gasteiger partial charge in [0.25, 0.3) is 0 Å². The number of nitrogens with one attached hydrogen (secondary N) is 1. The largest absolute Gasteiger partial charge is 0.380 e. The fourth-order valence-electron chi connectivity index (χ4n) is 2.00. The van der Waals surface area contributed by atoms with Gasteiger partial charge in [-0.2, -0.15) is 0 Å². The maximum Gasteiger partial charge on any atom is 0.242 e. The van der Waals surface area contributed by atoms with E-state index in [2.05, 4.69) is 4.72 Å². The summed E-state index contributed by atoms with van der Waals surface area (Å²) >= 11 is 0. The van der Waals surface area contributed by atoms with Gasteiger partial charge in [-0.25, -0.2) is 13.1 Å². The fraction of sp³-hybridized carbons (Fsp3) is 0.692. The second-order valence-corrected chi connectivity index (χ2v) is 6.84. The first-order valence-electron chi connectivity index (χ1n) is 7.03. The molecule has 1 aromatic heterocycles. The maximum absolute atomic E-state index is 12.1. The van der Waals surface area contributed by atoms with Crippen LogP contribution in [0.4, 0.5) is 0 Å². The normalized spacial score (nSPS) is 15.7. The van der Waals surface area contributed by atoms with Crippen molar-refractivity contribution >= 4 is 10.0 Å². The van der Waals surface area contributed by atoms with E-state index in [1.807, 2.05) is 11.5 Å². The lowest BCUT2D eigenvalue weighted by molar-refractivity contribution is 0.129. The molecule has 1 aromatic rings. The predicted octanol–water partition coefficient (Wildman–Crippen LogP) is 0.672. The first-order chi connectivity index (χ1) is 9.56. The Kier molecular flexibility index (Phi) is 5.20. The van der Waals surface area contributed by atoms with Crippen LogP contribution in [-0.2, 0) is 27.8 Å². The van der Waals surface area contributed by atoms with Crippen molar-refractivity contribution in [3.63, 3.8) is 0 Å². The summed E-state index contributed by atoms with van der Waals surface area (Å²) < 4.78 is 34.0. The van der Waals surface area contributed by atoms with Gasteiger partial charge in [-0.15, -0.1) is 0 Å². The summed E-state index contributed by atoms with van der Waals surface area (Å²) in [7, 11) is -3.47. The molecule has 0 saturated heterocycles. The molecular weight excluding hydrogens is 278 g/mol. The summed E-state index contributed by atoms with van der Waals surface area (Å²) in [6.45, 7) is 4.43. The van der Waals surface area contributed by atoms with Crippen LogP contribution in [0.5, 0.6) is 0 Å². The fourth-order valence-corrected chi connectivity index (χ4v) is 3.08. The van der Waals surface area contributed by atoms with Crippen molar-refractivity contribution in [3.8, 4) is 0 Å². The van der Waals surface area contributed by atoms with E-state index < -0.39 is 10.0 Å². The van der Waals surface area contributed by atoms with Gasteiger partial charge in [0.05, 0.1) is 11.5 Å². The quantitative estimate of drug-likeness (QED) is 0.656. The molecule has 0 aromatic carbocycles. The molecule has 1 aliphatic carbocycles. The van der Waals surface area contributed by atoms with Crippen molar-refractivity contribution in [1.29, 1.82) is 0 Å². The molecule has 1 saturated carbocycles. The Labute approximate surface area is 120 Å². The van der Waals surface area contributed by atoms with Crippen molar-refractivity contribution in [2.45, 2.75) is 37.8 Å². The van der Waals surface area contributed by atoms with Gasteiger partial charge >= 0.3 is 0 Å². The van der Waals surface area contributed by atoms with Crippen molar-refractivity contribution in [1.82, 2.24) is 9.29 Å². The van der Waals surface area contributed by atoms with E-state index in [1.165, 1.54) is 12.8 Å². The minimum atomic E-state index is -3.47. The van der Waals surface area contributed by atoms with E-state index in [1.54, 1.807) is 12.3 Å². The van der Waals surface area contributed by atoms with Gasteiger partial charge in [0.1, 0.15) is 0 Å². The molecule has 1 fully saturated rings. The van der Waals surface area contributed by atoms with E-state index in [0.29, 0.717) is 32.2 Å². The molecule has 0 unspecified atom stereocenters. The van der Waals surface area contributed by atoms with Gasteiger partial charge in [-0.05, 0) is 31.7 Å². The van der Waals surface area contributed by atoms with Crippen molar-refractivity contribution in [2.24, 2.45) is 11.7 Å². The topological polar surface area (TPSA) is 86.3 Å². The van der Waals surface area contributed by atoms with Gasteiger partial charge in [-0.1, -0.05) is 0 Å². The summed E-state index contributed by atoms with van der Waals surface area (Å²) in [5, 5.41) is 0. The highest BCUT2D eigenvalue weighted by Crippen LogP contribution is 2.28. The molecule has 0 spiro atoms. The molecule has 20 heavy (non-hydrogen) atoms. The molecule has 0 atom stereocenters. The first-order valence-corrected chi connectivity index (χ1v) is 8.51. The predicted molar refractivity (Wildman–Crippen MR) is 76.7 cm³/mol. The molecule has 1 heterocycles. The van der Waals surface area contributed by atoms with Crippen LogP contribution in [0.3, 0.4) is 0 Å². The first kappa shape index (κ1) is 15.5. The molecule has 0 bridgehead atoms. The number of sulfonamides is 1. The zero-order valence-corrected chi connectivity index (χ0v) is 12.7. The third kappa shape index (κ3) is 4.05. The van der Waals surface area contributed by atoms with E-state index in [4.69, 9.17) is 10.5 Å². The number of hydrogen-bond donors (Lipinski definition) is 2. The third-order valence-electron chi connectivity index (χ3n) is 3.41. The highest BCUT2D eigenvalue weighted by molar-refractivity contribution is 7.89. The van der Waals surface area contributed by atoms with Gasteiger partial charge in [0.15, 0.2) is 0 Å². The summed E-state index contributed by atoms with van der Waals surface area (Å²) in [6, 6.07) is 1.62. The number of aromatic nitrogens is 1. The lowest BCUT2D eigenvalue weighted by Crippen LogP contribution is -2.27. The van der Waals surface area contributed by atoms with Crippen molar-refractivity contribution in [2.75, 3.05) is 19.8 Å². The number of hydrogen-bond acceptors (Lipinski definition) is 4. The Morgan fingerprint density at radius 2 is 2.25 bits per heavy atom. The second-order valence-electron chi connectivity index (χ2n) is 5.07. The minimum absolute atomic E-state index is 0.266. The van der Waals surface area contributed by atoms with Crippen molar-refractivity contribution in [3.05, 3.63) is 18.0 Å². The monoisotopic (exact) mass is 301 g/mol. The Bertz CT molecular complexity index is 514. The Balaban J connectivity index is 1.86. The zero-order chi connectivity index (χ0) is 14.6. The third-order valence-corrected chi connectivity index (χ3v) is 4.84. The molecule has 114 valence electrons. The molecule has 0 aliphatic heterocycles. The maximum atomic E-state index is 12.1. The average Bonchev–Trinajstić information content (AvgIpc) is 3.14. The summed E-state index contributed by atoms with van der Waals surface area (Å²) in [6.07, 6.45) is 4.09. The SMILES string of the molecule is CCn1cc(S(=O)(=O)NCCOCC2CC2)cc1CN. The standard InChI is InChI=1S/C13H23N3O3S/c1-2-16-9-13(7-12(16)8-14)20(17,18)15-5-6-19-10-11-3-4-11/h7,9,11,15H,2-6,8,10,14H2,1H3. The zero-order valence-electron chi connectivity index (χ0n) is 11.8. The van der Waals surface area contributed by atoms with Crippen molar-refractivity contribution < 1.29 is 13.2 Å². The van der Waals surface area contributed by atoms with E-state index in [9.17, 15) is 8.42 Å². The van der Waals surface area contributed by atoms with Gasteiger partial charge < -0.3 is 15.0 Å². The molecular formula is C13H23N3O3S. The van der Waals surface area contributed by atoms with Gasteiger partial charge in [0, 0.05) is 38.1 Å². The Hall–Kier alpha value is -0.890. The molecule has 0 radical (unpaired) electrons. The second kappa shape index (κ2) is 6.71. The highest BCUT2D eigenvalue weighted by atomic mass is 32.2. The van der Waals surface area contributed by atoms with Gasteiger partial charge in [-0.3, -0.25) is 0 Å². The molecule has 6 nitrogen and oxygen atoms in total. The molecule has 0 amide bonds. The lowest BCUT2D eigenvalue weighted by atomic mass is 10.4. The number of nitrogens with two attached hydrogens (primary N) is 1. The molecule has 3 N–H and O–H groups in total. The van der Waals surface area contributed by atoms with Crippen LogP contribution in [-0.4, -0.2) is 32.7 Å². The van der Waals surface area contributed by atoms with Crippen LogP contribution in [0.2, 0.25) is 0 Å². The highest BCUT2D eigenvalue weighted by Gasteiger charge is 2.21. The Morgan fingerprint density at radius 3 is 2.80 bits per heavy atom. The average molecular weight is 301 g/mol. The van der Waals surface area contributed by atoms with E-state index in [0.717, 1.165) is 12.3 Å². The Morgan fingerprint density at radius 1 is 1.50 bits per heavy atom. The van der Waals surface area contributed by atoms with Crippen LogP contribution >= 0.6 is 0 Å². The van der Waals surface area contributed by atoms with E-state index >= 15 is 0 Å². The van der Waals surface area contributed by atoms with E-state index in [-0.39, 0.29) is 4.90 Å². The van der Waals surface area contributed by atoms with Crippen LogP contribution in [0.25, 0.3) is 0 Å². The number of rotatable bonds is 9. The lowest BCUT2D eigenvalue weighted by Gasteiger charge is -2.05. The summed E-state index contributed by atoms with van der Waals surface area (Å²) in [5.41, 5.74) is 6.42. The summed E-state index contributed by atoms with van der Waals surface area (Å²) in [5.74, 6) is 0.692.